The van der Waals surface area contributed by atoms with Crippen LogP contribution in [-0.2, 0) is 17.6 Å². The average molecular weight is 355 g/mol. The molecule has 0 bridgehead atoms. The number of pyridine rings is 1. The van der Waals surface area contributed by atoms with Crippen molar-refractivity contribution in [1.82, 2.24) is 9.88 Å². The van der Waals surface area contributed by atoms with Crippen LogP contribution < -0.4 is 0 Å². The number of benzene rings is 1. The number of aryl methyl sites for hydroxylation is 1. The molecule has 25 heavy (non-hydrogen) atoms. The van der Waals surface area contributed by atoms with E-state index in [1.165, 1.54) is 40.8 Å². The van der Waals surface area contributed by atoms with Crippen molar-refractivity contribution in [3.05, 3.63) is 35.5 Å². The first-order valence-electron chi connectivity index (χ1n) is 9.60. The van der Waals surface area contributed by atoms with Crippen molar-refractivity contribution >= 4 is 28.6 Å². The summed E-state index contributed by atoms with van der Waals surface area (Å²) in [4.78, 5) is 21.2. The number of carbonyl (C=O) groups excluding carboxylic acids is 1. The fourth-order valence-corrected chi connectivity index (χ4v) is 5.46. The number of rotatable bonds is 4. The number of nitrogens with zero attached hydrogens (tertiary/aromatic N) is 2. The lowest BCUT2D eigenvalue weighted by atomic mass is 10.0. The first-order valence-corrected chi connectivity index (χ1v) is 10.6. The van der Waals surface area contributed by atoms with Gasteiger partial charge < -0.3 is 4.90 Å². The lowest BCUT2D eigenvalue weighted by molar-refractivity contribution is -0.132. The highest BCUT2D eigenvalue weighted by molar-refractivity contribution is 8.00. The molecule has 0 N–H and O–H groups in total. The van der Waals surface area contributed by atoms with Crippen molar-refractivity contribution in [3.8, 4) is 0 Å². The maximum Gasteiger partial charge on any atom is 0.233 e. The molecule has 0 radical (unpaired) electrons. The van der Waals surface area contributed by atoms with E-state index in [0.717, 1.165) is 37.7 Å². The predicted octanol–water partition coefficient (Wildman–Crippen LogP) is 4.61. The van der Waals surface area contributed by atoms with E-state index in [9.17, 15) is 4.79 Å². The zero-order valence-corrected chi connectivity index (χ0v) is 15.8. The van der Waals surface area contributed by atoms with Crippen molar-refractivity contribution in [1.29, 1.82) is 0 Å². The zero-order valence-electron chi connectivity index (χ0n) is 15.0. The van der Waals surface area contributed by atoms with E-state index in [2.05, 4.69) is 36.1 Å². The molecule has 1 aromatic carbocycles. The van der Waals surface area contributed by atoms with Crippen LogP contribution >= 0.6 is 11.8 Å². The molecule has 4 rings (SSSR count). The number of carbonyl (C=O) groups is 1. The highest BCUT2D eigenvalue weighted by atomic mass is 32.2. The summed E-state index contributed by atoms with van der Waals surface area (Å²) in [5.41, 5.74) is 3.71. The Kier molecular flexibility index (Phi) is 4.98. The lowest BCUT2D eigenvalue weighted by Gasteiger charge is -2.35. The summed E-state index contributed by atoms with van der Waals surface area (Å²) in [6, 6.07) is 8.83. The maximum absolute atomic E-state index is 12.9. The maximum atomic E-state index is 12.9. The van der Waals surface area contributed by atoms with Crippen LogP contribution in [0, 0.1) is 0 Å². The second-order valence-corrected chi connectivity index (χ2v) is 8.16. The Hall–Kier alpha value is -1.55. The third-order valence-electron chi connectivity index (χ3n) is 5.63. The van der Waals surface area contributed by atoms with E-state index in [1.807, 2.05) is 0 Å². The van der Waals surface area contributed by atoms with Crippen molar-refractivity contribution in [3.63, 3.8) is 0 Å². The molecular weight excluding hydrogens is 328 g/mol. The topological polar surface area (TPSA) is 33.2 Å². The summed E-state index contributed by atoms with van der Waals surface area (Å²) < 4.78 is 0. The lowest BCUT2D eigenvalue weighted by Crippen LogP contribution is -2.44. The van der Waals surface area contributed by atoms with E-state index >= 15 is 0 Å². The van der Waals surface area contributed by atoms with Crippen LogP contribution in [0.15, 0.2) is 29.2 Å². The highest BCUT2D eigenvalue weighted by Gasteiger charge is 2.26. The Labute approximate surface area is 154 Å². The molecule has 1 atom stereocenters. The zero-order chi connectivity index (χ0) is 17.2. The van der Waals surface area contributed by atoms with Crippen LogP contribution in [0.1, 0.15) is 50.3 Å². The van der Waals surface area contributed by atoms with Crippen LogP contribution in [0.4, 0.5) is 0 Å². The molecule has 0 unspecified atom stereocenters. The number of piperidine rings is 1. The largest absolute Gasteiger partial charge is 0.339 e. The second kappa shape index (κ2) is 7.36. The minimum Gasteiger partial charge on any atom is -0.339 e. The van der Waals surface area contributed by atoms with Crippen LogP contribution in [-0.4, -0.2) is 34.1 Å². The van der Waals surface area contributed by atoms with Crippen molar-refractivity contribution in [2.24, 2.45) is 0 Å². The van der Waals surface area contributed by atoms with E-state index in [4.69, 9.17) is 4.98 Å². The van der Waals surface area contributed by atoms with Gasteiger partial charge in [0.15, 0.2) is 0 Å². The van der Waals surface area contributed by atoms with Gasteiger partial charge in [-0.15, -0.1) is 11.8 Å². The number of fused-ring (bicyclic) bond motifs is 2. The summed E-state index contributed by atoms with van der Waals surface area (Å²) >= 11 is 1.74. The van der Waals surface area contributed by atoms with Gasteiger partial charge in [-0.2, -0.15) is 0 Å². The molecule has 1 saturated heterocycles. The number of likely N-dealkylation sites (tertiary alicyclic amines) is 1. The average Bonchev–Trinajstić information content (AvgIpc) is 3.13. The highest BCUT2D eigenvalue weighted by Crippen LogP contribution is 2.37. The smallest absolute Gasteiger partial charge is 0.233 e. The minimum absolute atomic E-state index is 0.309. The molecule has 2 aromatic rings. The van der Waals surface area contributed by atoms with Crippen LogP contribution in [0.3, 0.4) is 0 Å². The summed E-state index contributed by atoms with van der Waals surface area (Å²) in [7, 11) is 0. The van der Waals surface area contributed by atoms with Crippen molar-refractivity contribution in [2.75, 3.05) is 12.3 Å². The van der Waals surface area contributed by atoms with Gasteiger partial charge in [0, 0.05) is 28.6 Å². The van der Waals surface area contributed by atoms with Gasteiger partial charge in [0.25, 0.3) is 0 Å². The first kappa shape index (κ1) is 16.9. The molecule has 132 valence electrons. The van der Waals surface area contributed by atoms with Crippen LogP contribution in [0.25, 0.3) is 10.9 Å². The Morgan fingerprint density at radius 3 is 3.00 bits per heavy atom. The summed E-state index contributed by atoms with van der Waals surface area (Å²) in [5.74, 6) is 0.862. The van der Waals surface area contributed by atoms with Gasteiger partial charge in [-0.1, -0.05) is 25.1 Å². The van der Waals surface area contributed by atoms with Gasteiger partial charge in [-0.3, -0.25) is 9.78 Å². The number of amides is 1. The molecule has 1 amide bonds. The molecule has 3 nitrogen and oxygen atoms in total. The van der Waals surface area contributed by atoms with Gasteiger partial charge in [0.2, 0.25) is 5.91 Å². The standard InChI is InChI=1S/C21H26N2OS/c1-2-15-8-5-6-13-23(15)20(24)14-25-21-16-9-3-4-11-18(16)22-19-12-7-10-17(19)21/h3-4,9,11,15H,2,5-8,10,12-14H2,1H3/t15-/m1/s1. The third kappa shape index (κ3) is 3.29. The fraction of sp³-hybridized carbons (Fsp3) is 0.524. The molecule has 1 aliphatic carbocycles. The van der Waals surface area contributed by atoms with E-state index in [0.29, 0.717) is 17.7 Å². The van der Waals surface area contributed by atoms with Crippen molar-refractivity contribution < 1.29 is 4.79 Å². The summed E-state index contributed by atoms with van der Waals surface area (Å²) in [5, 5.41) is 1.21. The molecule has 1 aromatic heterocycles. The fourth-order valence-electron chi connectivity index (χ4n) is 4.30. The molecule has 4 heteroatoms. The normalized spacial score (nSPS) is 20.0. The summed E-state index contributed by atoms with van der Waals surface area (Å²) in [6.45, 7) is 3.14. The molecule has 0 saturated carbocycles. The SMILES string of the molecule is CC[C@@H]1CCCCN1C(=O)CSc1c2c(nc3ccccc13)CCC2. The quantitative estimate of drug-likeness (QED) is 0.752. The van der Waals surface area contributed by atoms with Gasteiger partial charge in [-0.25, -0.2) is 0 Å². The molecule has 0 spiro atoms. The molecule has 1 fully saturated rings. The van der Waals surface area contributed by atoms with Gasteiger partial charge in [0.05, 0.1) is 11.3 Å². The van der Waals surface area contributed by atoms with Crippen molar-refractivity contribution in [2.45, 2.75) is 62.8 Å². The number of aromatic nitrogens is 1. The van der Waals surface area contributed by atoms with Crippen LogP contribution in [0.5, 0.6) is 0 Å². The molecule has 2 heterocycles. The van der Waals surface area contributed by atoms with Gasteiger partial charge in [0.1, 0.15) is 0 Å². The predicted molar refractivity (Wildman–Crippen MR) is 104 cm³/mol. The van der Waals surface area contributed by atoms with Crippen LogP contribution in [0.2, 0.25) is 0 Å². The minimum atomic E-state index is 0.309. The molecule has 1 aliphatic heterocycles. The molecular formula is C21H26N2OS. The number of hydrogen-bond acceptors (Lipinski definition) is 3. The number of para-hydroxylation sites is 1. The Morgan fingerprint density at radius 2 is 2.12 bits per heavy atom. The van der Waals surface area contributed by atoms with E-state index in [1.54, 1.807) is 11.8 Å². The monoisotopic (exact) mass is 354 g/mol. The molecule has 2 aliphatic rings. The third-order valence-corrected chi connectivity index (χ3v) is 6.77. The van der Waals surface area contributed by atoms with E-state index < -0.39 is 0 Å². The second-order valence-electron chi connectivity index (χ2n) is 7.17. The van der Waals surface area contributed by atoms with E-state index in [-0.39, 0.29) is 0 Å². The Bertz CT molecular complexity index is 789. The van der Waals surface area contributed by atoms with Gasteiger partial charge in [-0.05, 0) is 56.6 Å². The Morgan fingerprint density at radius 1 is 1.24 bits per heavy atom. The number of thioether (sulfide) groups is 1. The number of hydrogen-bond donors (Lipinski definition) is 0. The van der Waals surface area contributed by atoms with Gasteiger partial charge >= 0.3 is 0 Å². The first-order chi connectivity index (χ1) is 12.3. The Balaban J connectivity index is 1.58. The summed E-state index contributed by atoms with van der Waals surface area (Å²) in [6.07, 6.45) is 8.02.